The average molecular weight is 478 g/mol. The molecule has 1 heterocycles. The zero-order valence-electron chi connectivity index (χ0n) is 18.8. The molecule has 0 spiro atoms. The Hall–Kier alpha value is -2.81. The van der Waals surface area contributed by atoms with E-state index in [9.17, 15) is 4.79 Å². The van der Waals surface area contributed by atoms with Gasteiger partial charge in [-0.2, -0.15) is 0 Å². The number of ether oxygens (including phenoxy) is 3. The Bertz CT molecular complexity index is 1030. The minimum absolute atomic E-state index is 0. The van der Waals surface area contributed by atoms with Crippen LogP contribution in [0.1, 0.15) is 5.56 Å². The fourth-order valence-corrected chi connectivity index (χ4v) is 4.03. The Morgan fingerprint density at radius 1 is 1.03 bits per heavy atom. The maximum atomic E-state index is 13.1. The molecule has 0 aliphatic carbocycles. The molecule has 1 aromatic heterocycles. The van der Waals surface area contributed by atoms with Crippen LogP contribution in [0.25, 0.3) is 16.3 Å². The molecule has 0 fully saturated rings. The highest BCUT2D eigenvalue weighted by atomic mass is 35.5. The Morgan fingerprint density at radius 3 is 2.25 bits per heavy atom. The van der Waals surface area contributed by atoms with Crippen LogP contribution in [0.2, 0.25) is 0 Å². The summed E-state index contributed by atoms with van der Waals surface area (Å²) in [6, 6.07) is 11.5. The number of likely N-dealkylation sites (N-methyl/N-ethyl adjacent to an activating group) is 1. The van der Waals surface area contributed by atoms with Crippen molar-refractivity contribution in [1.82, 2.24) is 9.88 Å². The number of amides is 1. The number of methoxy groups -OCH3 is 3. The summed E-state index contributed by atoms with van der Waals surface area (Å²) < 4.78 is 17.2. The average Bonchev–Trinajstić information content (AvgIpc) is 3.20. The van der Waals surface area contributed by atoms with Crippen molar-refractivity contribution in [2.75, 3.05) is 53.4 Å². The second-order valence-electron chi connectivity index (χ2n) is 7.05. The molecule has 0 aliphatic rings. The van der Waals surface area contributed by atoms with E-state index < -0.39 is 0 Å². The molecule has 7 nitrogen and oxygen atoms in total. The fourth-order valence-electron chi connectivity index (χ4n) is 3.03. The number of aromatic nitrogens is 1. The molecule has 172 valence electrons. The molecule has 0 bridgehead atoms. The molecule has 0 saturated carbocycles. The van der Waals surface area contributed by atoms with Crippen molar-refractivity contribution in [3.8, 4) is 17.2 Å². The predicted molar refractivity (Wildman–Crippen MR) is 133 cm³/mol. The molecule has 0 N–H and O–H groups in total. The van der Waals surface area contributed by atoms with Crippen LogP contribution >= 0.6 is 23.7 Å². The third-order valence-corrected chi connectivity index (χ3v) is 5.72. The standard InChI is InChI=1S/C23H27N3O4S.ClH/c1-25(2)12-13-26(23-24-17-8-6-7-9-20(17)31-23)21(27)11-10-16-14-18(28-3)22(30-5)19(15-16)29-4;/h6-11,14-15H,12-13H2,1-5H3;1H. The van der Waals surface area contributed by atoms with Gasteiger partial charge in [0.05, 0.1) is 31.5 Å². The molecule has 0 saturated heterocycles. The smallest absolute Gasteiger partial charge is 0.252 e. The summed E-state index contributed by atoms with van der Waals surface area (Å²) in [6.07, 6.45) is 3.28. The Morgan fingerprint density at radius 2 is 1.69 bits per heavy atom. The number of rotatable bonds is 9. The highest BCUT2D eigenvalue weighted by Gasteiger charge is 2.18. The number of hydrogen-bond acceptors (Lipinski definition) is 7. The summed E-state index contributed by atoms with van der Waals surface area (Å²) in [5, 5.41) is 0.683. The number of para-hydroxylation sites is 1. The molecule has 3 aromatic rings. The Labute approximate surface area is 198 Å². The molecule has 2 aromatic carbocycles. The van der Waals surface area contributed by atoms with E-state index in [1.54, 1.807) is 50.5 Å². The van der Waals surface area contributed by atoms with E-state index in [-0.39, 0.29) is 18.3 Å². The quantitative estimate of drug-likeness (QED) is 0.427. The molecule has 0 radical (unpaired) electrons. The number of carbonyl (C=O) groups excluding carboxylic acids is 1. The van der Waals surface area contributed by atoms with E-state index in [1.165, 1.54) is 11.3 Å². The normalized spacial score (nSPS) is 10.9. The zero-order valence-corrected chi connectivity index (χ0v) is 20.5. The van der Waals surface area contributed by atoms with Crippen molar-refractivity contribution in [3.63, 3.8) is 0 Å². The highest BCUT2D eigenvalue weighted by Crippen LogP contribution is 2.38. The lowest BCUT2D eigenvalue weighted by molar-refractivity contribution is -0.114. The number of benzene rings is 2. The second-order valence-corrected chi connectivity index (χ2v) is 8.06. The number of anilines is 1. The third-order valence-electron chi connectivity index (χ3n) is 4.66. The van der Waals surface area contributed by atoms with E-state index in [0.29, 0.717) is 28.9 Å². The van der Waals surface area contributed by atoms with Gasteiger partial charge in [0.2, 0.25) is 5.75 Å². The van der Waals surface area contributed by atoms with Gasteiger partial charge in [-0.1, -0.05) is 23.5 Å². The molecule has 0 unspecified atom stereocenters. The molecular weight excluding hydrogens is 450 g/mol. The van der Waals surface area contributed by atoms with Gasteiger partial charge >= 0.3 is 0 Å². The van der Waals surface area contributed by atoms with Crippen LogP contribution < -0.4 is 19.1 Å². The van der Waals surface area contributed by atoms with Crippen molar-refractivity contribution in [2.45, 2.75) is 0 Å². The van der Waals surface area contributed by atoms with Gasteiger partial charge in [-0.25, -0.2) is 4.98 Å². The number of hydrogen-bond donors (Lipinski definition) is 0. The van der Waals surface area contributed by atoms with Crippen LogP contribution in [0, 0.1) is 0 Å². The summed E-state index contributed by atoms with van der Waals surface area (Å²) >= 11 is 1.51. The number of nitrogens with zero attached hydrogens (tertiary/aromatic N) is 3. The molecule has 0 aliphatic heterocycles. The lowest BCUT2D eigenvalue weighted by atomic mass is 10.1. The summed E-state index contributed by atoms with van der Waals surface area (Å²) in [7, 11) is 8.64. The van der Waals surface area contributed by atoms with E-state index in [0.717, 1.165) is 22.3 Å². The molecule has 3 rings (SSSR count). The van der Waals surface area contributed by atoms with Gasteiger partial charge in [0.15, 0.2) is 16.6 Å². The molecule has 9 heteroatoms. The third kappa shape index (κ3) is 5.91. The van der Waals surface area contributed by atoms with Crippen LogP contribution in [0.15, 0.2) is 42.5 Å². The van der Waals surface area contributed by atoms with Crippen LogP contribution in [-0.2, 0) is 4.79 Å². The van der Waals surface area contributed by atoms with Gasteiger partial charge in [-0.05, 0) is 50.0 Å². The van der Waals surface area contributed by atoms with Gasteiger partial charge < -0.3 is 19.1 Å². The van der Waals surface area contributed by atoms with Crippen molar-refractivity contribution in [3.05, 3.63) is 48.0 Å². The fraction of sp³-hybridized carbons (Fsp3) is 0.304. The predicted octanol–water partition coefficient (Wildman–Crippen LogP) is 4.35. The van der Waals surface area contributed by atoms with Gasteiger partial charge in [-0.3, -0.25) is 9.69 Å². The van der Waals surface area contributed by atoms with Gasteiger partial charge in [0, 0.05) is 19.2 Å². The lowest BCUT2D eigenvalue weighted by Gasteiger charge is -2.20. The van der Waals surface area contributed by atoms with Crippen molar-refractivity contribution < 1.29 is 19.0 Å². The highest BCUT2D eigenvalue weighted by molar-refractivity contribution is 7.22. The zero-order chi connectivity index (χ0) is 22.4. The first-order chi connectivity index (χ1) is 15.0. The Balaban J connectivity index is 0.00000363. The van der Waals surface area contributed by atoms with Gasteiger partial charge in [0.1, 0.15) is 0 Å². The minimum atomic E-state index is -0.144. The number of thiazole rings is 1. The Kier molecular flexibility index (Phi) is 9.31. The van der Waals surface area contributed by atoms with E-state index in [1.807, 2.05) is 43.3 Å². The lowest BCUT2D eigenvalue weighted by Crippen LogP contribution is -2.35. The molecule has 32 heavy (non-hydrogen) atoms. The van der Waals surface area contributed by atoms with Crippen LogP contribution in [0.3, 0.4) is 0 Å². The number of carbonyl (C=O) groups is 1. The topological polar surface area (TPSA) is 64.1 Å². The maximum absolute atomic E-state index is 13.1. The summed E-state index contributed by atoms with van der Waals surface area (Å²) in [5.41, 5.74) is 1.65. The van der Waals surface area contributed by atoms with E-state index >= 15 is 0 Å². The molecule has 0 atom stereocenters. The number of halogens is 1. The van der Waals surface area contributed by atoms with E-state index in [4.69, 9.17) is 14.2 Å². The van der Waals surface area contributed by atoms with Crippen molar-refractivity contribution in [1.29, 1.82) is 0 Å². The second kappa shape index (κ2) is 11.7. The SMILES string of the molecule is COc1cc(C=CC(=O)N(CCN(C)C)c2nc3ccccc3s2)cc(OC)c1OC.Cl. The number of fused-ring (bicyclic) bond motifs is 1. The van der Waals surface area contributed by atoms with Crippen LogP contribution in [-0.4, -0.2) is 64.3 Å². The summed E-state index contributed by atoms with van der Waals surface area (Å²) in [6.45, 7) is 1.25. The monoisotopic (exact) mass is 477 g/mol. The van der Waals surface area contributed by atoms with Crippen LogP contribution in [0.4, 0.5) is 5.13 Å². The maximum Gasteiger partial charge on any atom is 0.252 e. The molecule has 1 amide bonds. The van der Waals surface area contributed by atoms with Crippen molar-refractivity contribution in [2.24, 2.45) is 0 Å². The first-order valence-electron chi connectivity index (χ1n) is 9.76. The van der Waals surface area contributed by atoms with Gasteiger partial charge in [-0.15, -0.1) is 12.4 Å². The van der Waals surface area contributed by atoms with Gasteiger partial charge in [0.25, 0.3) is 5.91 Å². The largest absolute Gasteiger partial charge is 0.493 e. The minimum Gasteiger partial charge on any atom is -0.493 e. The van der Waals surface area contributed by atoms with Crippen molar-refractivity contribution >= 4 is 51.1 Å². The van der Waals surface area contributed by atoms with E-state index in [2.05, 4.69) is 4.98 Å². The molecular formula is C23H28ClN3O4S. The summed E-state index contributed by atoms with van der Waals surface area (Å²) in [4.78, 5) is 21.5. The first-order valence-corrected chi connectivity index (χ1v) is 10.6. The summed E-state index contributed by atoms with van der Waals surface area (Å²) in [5.74, 6) is 1.43. The van der Waals surface area contributed by atoms with Crippen LogP contribution in [0.5, 0.6) is 17.2 Å². The first kappa shape index (κ1) is 25.5.